The fourth-order valence-electron chi connectivity index (χ4n) is 1.92. The van der Waals surface area contributed by atoms with Gasteiger partial charge in [0, 0.05) is 23.2 Å². The number of aliphatic hydroxyl groups excluding tert-OH is 1. The van der Waals surface area contributed by atoms with Gasteiger partial charge in [-0.1, -0.05) is 24.3 Å². The van der Waals surface area contributed by atoms with E-state index in [0.717, 1.165) is 11.3 Å². The lowest BCUT2D eigenvalue weighted by atomic mass is 10.1. The van der Waals surface area contributed by atoms with Gasteiger partial charge in [0.25, 0.3) is 0 Å². The molecule has 0 aliphatic rings. The van der Waals surface area contributed by atoms with Gasteiger partial charge >= 0.3 is 0 Å². The SMILES string of the molecule is CC(c1cccs1)N(C)c1ccccc1CO. The normalized spacial score (nSPS) is 12.4. The quantitative estimate of drug-likeness (QED) is 0.894. The zero-order chi connectivity index (χ0) is 12.3. The molecule has 90 valence electrons. The van der Waals surface area contributed by atoms with Crippen LogP contribution in [-0.2, 0) is 6.61 Å². The van der Waals surface area contributed by atoms with Crippen LogP contribution in [0.25, 0.3) is 0 Å². The van der Waals surface area contributed by atoms with Gasteiger partial charge in [0.2, 0.25) is 0 Å². The van der Waals surface area contributed by atoms with Gasteiger partial charge in [-0.05, 0) is 24.4 Å². The van der Waals surface area contributed by atoms with Gasteiger partial charge in [-0.25, -0.2) is 0 Å². The van der Waals surface area contributed by atoms with Crippen molar-refractivity contribution in [1.29, 1.82) is 0 Å². The van der Waals surface area contributed by atoms with Crippen molar-refractivity contribution in [2.45, 2.75) is 19.6 Å². The molecule has 2 nitrogen and oxygen atoms in total. The average Bonchev–Trinajstić information content (AvgIpc) is 2.90. The second-order valence-electron chi connectivity index (χ2n) is 4.09. The van der Waals surface area contributed by atoms with E-state index in [9.17, 15) is 5.11 Å². The molecule has 1 atom stereocenters. The van der Waals surface area contributed by atoms with Crippen LogP contribution in [-0.4, -0.2) is 12.2 Å². The topological polar surface area (TPSA) is 23.5 Å². The fraction of sp³-hybridized carbons (Fsp3) is 0.286. The molecule has 2 rings (SSSR count). The number of rotatable bonds is 4. The fourth-order valence-corrected chi connectivity index (χ4v) is 2.74. The Morgan fingerprint density at radius 3 is 2.65 bits per heavy atom. The molecular formula is C14H17NOS. The van der Waals surface area contributed by atoms with Crippen LogP contribution in [0.5, 0.6) is 0 Å². The zero-order valence-electron chi connectivity index (χ0n) is 10.1. The highest BCUT2D eigenvalue weighted by Gasteiger charge is 2.15. The lowest BCUT2D eigenvalue weighted by Gasteiger charge is -2.28. The molecule has 0 amide bonds. The van der Waals surface area contributed by atoms with Crippen molar-refractivity contribution in [3.63, 3.8) is 0 Å². The van der Waals surface area contributed by atoms with Crippen molar-refractivity contribution < 1.29 is 5.11 Å². The molecule has 1 unspecified atom stereocenters. The Kier molecular flexibility index (Phi) is 3.82. The maximum absolute atomic E-state index is 9.36. The summed E-state index contributed by atoms with van der Waals surface area (Å²) in [7, 11) is 2.07. The summed E-state index contributed by atoms with van der Waals surface area (Å²) in [6.07, 6.45) is 0. The van der Waals surface area contributed by atoms with E-state index < -0.39 is 0 Å². The smallest absolute Gasteiger partial charge is 0.0702 e. The van der Waals surface area contributed by atoms with Crippen molar-refractivity contribution in [3.05, 3.63) is 52.2 Å². The Morgan fingerprint density at radius 2 is 2.00 bits per heavy atom. The molecule has 1 aromatic carbocycles. The van der Waals surface area contributed by atoms with Gasteiger partial charge in [0.15, 0.2) is 0 Å². The van der Waals surface area contributed by atoms with Gasteiger partial charge in [-0.15, -0.1) is 11.3 Å². The van der Waals surface area contributed by atoms with Crippen LogP contribution in [0.1, 0.15) is 23.4 Å². The van der Waals surface area contributed by atoms with E-state index in [4.69, 9.17) is 0 Å². The van der Waals surface area contributed by atoms with E-state index in [0.29, 0.717) is 6.04 Å². The summed E-state index contributed by atoms with van der Waals surface area (Å²) >= 11 is 1.76. The van der Waals surface area contributed by atoms with E-state index >= 15 is 0 Å². The molecule has 3 heteroatoms. The number of hydrogen-bond acceptors (Lipinski definition) is 3. The summed E-state index contributed by atoms with van der Waals surface area (Å²) in [6, 6.07) is 12.5. The highest BCUT2D eigenvalue weighted by atomic mass is 32.1. The van der Waals surface area contributed by atoms with Crippen LogP contribution in [0.15, 0.2) is 41.8 Å². The number of para-hydroxylation sites is 1. The first-order chi connectivity index (χ1) is 8.24. The van der Waals surface area contributed by atoms with Crippen LogP contribution >= 0.6 is 11.3 Å². The van der Waals surface area contributed by atoms with Gasteiger partial charge in [-0.2, -0.15) is 0 Å². The van der Waals surface area contributed by atoms with Crippen molar-refractivity contribution in [2.75, 3.05) is 11.9 Å². The Hall–Kier alpha value is -1.32. The number of thiophene rings is 1. The second kappa shape index (κ2) is 5.34. The molecule has 0 saturated carbocycles. The minimum Gasteiger partial charge on any atom is -0.392 e. The molecule has 0 radical (unpaired) electrons. The van der Waals surface area contributed by atoms with Crippen molar-refractivity contribution in [2.24, 2.45) is 0 Å². The van der Waals surface area contributed by atoms with Crippen LogP contribution in [0.3, 0.4) is 0 Å². The predicted octanol–water partition coefficient (Wildman–Crippen LogP) is 3.44. The van der Waals surface area contributed by atoms with Crippen LogP contribution < -0.4 is 4.90 Å². The first-order valence-electron chi connectivity index (χ1n) is 5.69. The molecule has 0 saturated heterocycles. The molecular weight excluding hydrogens is 230 g/mol. The van der Waals surface area contributed by atoms with Gasteiger partial charge in [0.1, 0.15) is 0 Å². The Balaban J connectivity index is 2.27. The summed E-state index contributed by atoms with van der Waals surface area (Å²) in [5.74, 6) is 0. The average molecular weight is 247 g/mol. The summed E-state index contributed by atoms with van der Waals surface area (Å²) in [5, 5.41) is 11.5. The van der Waals surface area contributed by atoms with E-state index in [1.165, 1.54) is 4.88 Å². The Bertz CT molecular complexity index is 467. The third-order valence-corrected chi connectivity index (χ3v) is 4.12. The molecule has 1 aromatic heterocycles. The molecule has 2 aromatic rings. The van der Waals surface area contributed by atoms with Crippen molar-refractivity contribution in [1.82, 2.24) is 0 Å². The van der Waals surface area contributed by atoms with Crippen LogP contribution in [0.2, 0.25) is 0 Å². The molecule has 0 fully saturated rings. The van der Waals surface area contributed by atoms with E-state index in [1.807, 2.05) is 18.2 Å². The molecule has 0 bridgehead atoms. The maximum Gasteiger partial charge on any atom is 0.0702 e. The van der Waals surface area contributed by atoms with Crippen LogP contribution in [0.4, 0.5) is 5.69 Å². The van der Waals surface area contributed by atoms with Crippen LogP contribution in [0, 0.1) is 0 Å². The molecule has 0 spiro atoms. The van der Waals surface area contributed by atoms with E-state index in [-0.39, 0.29) is 6.61 Å². The van der Waals surface area contributed by atoms with Crippen molar-refractivity contribution in [3.8, 4) is 0 Å². The molecule has 17 heavy (non-hydrogen) atoms. The minimum absolute atomic E-state index is 0.0810. The predicted molar refractivity (Wildman–Crippen MR) is 73.5 cm³/mol. The summed E-state index contributed by atoms with van der Waals surface area (Å²) < 4.78 is 0. The number of benzene rings is 1. The van der Waals surface area contributed by atoms with E-state index in [2.05, 4.69) is 42.5 Å². The third-order valence-electron chi connectivity index (χ3n) is 3.08. The first-order valence-corrected chi connectivity index (χ1v) is 6.57. The maximum atomic E-state index is 9.36. The highest BCUT2D eigenvalue weighted by Crippen LogP contribution is 2.30. The lowest BCUT2D eigenvalue weighted by molar-refractivity contribution is 0.282. The third kappa shape index (κ3) is 2.51. The standard InChI is InChI=1S/C14H17NOS/c1-11(14-8-5-9-17-14)15(2)13-7-4-3-6-12(13)10-16/h3-9,11,16H,10H2,1-2H3. The number of aliphatic hydroxyl groups is 1. The highest BCUT2D eigenvalue weighted by molar-refractivity contribution is 7.10. The zero-order valence-corrected chi connectivity index (χ0v) is 10.9. The summed E-state index contributed by atoms with van der Waals surface area (Å²) in [5.41, 5.74) is 2.06. The molecule has 0 aliphatic carbocycles. The minimum atomic E-state index is 0.0810. The summed E-state index contributed by atoms with van der Waals surface area (Å²) in [4.78, 5) is 3.54. The monoisotopic (exact) mass is 247 g/mol. The van der Waals surface area contributed by atoms with Gasteiger partial charge in [-0.3, -0.25) is 0 Å². The molecule has 1 N–H and O–H groups in total. The summed E-state index contributed by atoms with van der Waals surface area (Å²) in [6.45, 7) is 2.26. The van der Waals surface area contributed by atoms with E-state index in [1.54, 1.807) is 11.3 Å². The number of anilines is 1. The first kappa shape index (κ1) is 12.1. The van der Waals surface area contributed by atoms with Gasteiger partial charge in [0.05, 0.1) is 12.6 Å². The second-order valence-corrected chi connectivity index (χ2v) is 5.07. The molecule has 1 heterocycles. The lowest BCUT2D eigenvalue weighted by Crippen LogP contribution is -2.22. The van der Waals surface area contributed by atoms with Crippen molar-refractivity contribution >= 4 is 17.0 Å². The number of hydrogen-bond donors (Lipinski definition) is 1. The Morgan fingerprint density at radius 1 is 1.24 bits per heavy atom. The molecule has 0 aliphatic heterocycles. The largest absolute Gasteiger partial charge is 0.392 e. The number of nitrogens with zero attached hydrogens (tertiary/aromatic N) is 1. The Labute approximate surface area is 106 Å². The van der Waals surface area contributed by atoms with Gasteiger partial charge < -0.3 is 10.0 Å².